The van der Waals surface area contributed by atoms with Gasteiger partial charge < -0.3 is 9.84 Å². The Labute approximate surface area is 139 Å². The lowest BCUT2D eigenvalue weighted by atomic mass is 10.0. The number of cyclic esters (lactones) is 1. The number of halogens is 4. The maximum absolute atomic E-state index is 13.8. The number of hydrogen-bond acceptors (Lipinski definition) is 3. The Morgan fingerprint density at radius 2 is 1.67 bits per heavy atom. The van der Waals surface area contributed by atoms with E-state index in [1.807, 2.05) is 0 Å². The molecule has 0 saturated carbocycles. The van der Waals surface area contributed by atoms with Crippen LogP contribution in [0.15, 0.2) is 42.5 Å². The summed E-state index contributed by atoms with van der Waals surface area (Å²) in [6.07, 6.45) is 0.785. The highest BCUT2D eigenvalue weighted by molar-refractivity contribution is 6.30. The molecular weight excluding hydrogens is 345 g/mol. The molecule has 2 aromatic carbocycles. The van der Waals surface area contributed by atoms with Crippen LogP contribution in [0.25, 0.3) is 5.57 Å². The fourth-order valence-electron chi connectivity index (χ4n) is 2.49. The summed E-state index contributed by atoms with van der Waals surface area (Å²) in [5, 5.41) is 10.9. The van der Waals surface area contributed by atoms with E-state index in [-0.39, 0.29) is 6.42 Å². The number of carbonyl (C=O) groups is 1. The van der Waals surface area contributed by atoms with Gasteiger partial charge in [0.1, 0.15) is 17.5 Å². The summed E-state index contributed by atoms with van der Waals surface area (Å²) < 4.78 is 45.5. The fourth-order valence-corrected chi connectivity index (χ4v) is 2.61. The van der Waals surface area contributed by atoms with Crippen LogP contribution in [0.2, 0.25) is 5.02 Å². The van der Waals surface area contributed by atoms with Gasteiger partial charge in [-0.15, -0.1) is 0 Å². The predicted molar refractivity (Wildman–Crippen MR) is 80.5 cm³/mol. The minimum Gasteiger partial charge on any atom is -0.425 e. The Balaban J connectivity index is 1.97. The first-order chi connectivity index (χ1) is 11.3. The Morgan fingerprint density at radius 1 is 1.08 bits per heavy atom. The number of esters is 1. The average molecular weight is 355 g/mol. The number of rotatable bonds is 3. The predicted octanol–water partition coefficient (Wildman–Crippen LogP) is 3.63. The van der Waals surface area contributed by atoms with E-state index >= 15 is 0 Å². The zero-order valence-corrected chi connectivity index (χ0v) is 12.8. The van der Waals surface area contributed by atoms with Gasteiger partial charge in [-0.3, -0.25) is 0 Å². The van der Waals surface area contributed by atoms with E-state index in [1.54, 1.807) is 24.3 Å². The molecule has 7 heteroatoms. The van der Waals surface area contributed by atoms with Crippen molar-refractivity contribution in [3.05, 3.63) is 76.1 Å². The largest absolute Gasteiger partial charge is 0.425 e. The number of hydrogen-bond donors (Lipinski definition) is 1. The van der Waals surface area contributed by atoms with Gasteiger partial charge in [0.2, 0.25) is 5.79 Å². The molecule has 0 aliphatic carbocycles. The highest BCUT2D eigenvalue weighted by atomic mass is 35.5. The van der Waals surface area contributed by atoms with Gasteiger partial charge in [-0.1, -0.05) is 23.7 Å². The van der Waals surface area contributed by atoms with E-state index in [1.165, 1.54) is 0 Å². The lowest BCUT2D eigenvalue weighted by molar-refractivity contribution is -0.176. The molecule has 1 aliphatic rings. The molecule has 24 heavy (non-hydrogen) atoms. The minimum atomic E-state index is -2.06. The smallest absolute Gasteiger partial charge is 0.341 e. The molecule has 0 radical (unpaired) electrons. The third-order valence-corrected chi connectivity index (χ3v) is 3.76. The van der Waals surface area contributed by atoms with Crippen LogP contribution in [0.5, 0.6) is 0 Å². The highest BCUT2D eigenvalue weighted by Crippen LogP contribution is 2.34. The van der Waals surface area contributed by atoms with Crippen LogP contribution in [0.4, 0.5) is 13.2 Å². The van der Waals surface area contributed by atoms with E-state index in [2.05, 4.69) is 0 Å². The minimum absolute atomic E-state index is 0.135. The fraction of sp³-hybridized carbons (Fsp3) is 0.118. The summed E-state index contributed by atoms with van der Waals surface area (Å²) in [5.74, 6) is -6.79. The molecule has 2 aromatic rings. The second kappa shape index (κ2) is 5.96. The van der Waals surface area contributed by atoms with Gasteiger partial charge in [-0.2, -0.15) is 0 Å². The third-order valence-electron chi connectivity index (χ3n) is 3.51. The Kier molecular flexibility index (Phi) is 4.11. The molecule has 1 heterocycles. The molecule has 1 atom stereocenters. The van der Waals surface area contributed by atoms with Gasteiger partial charge in [0.05, 0.1) is 11.1 Å². The normalized spacial score (nSPS) is 20.0. The molecule has 3 rings (SSSR count). The van der Waals surface area contributed by atoms with E-state index in [9.17, 15) is 23.1 Å². The molecular formula is C17H10ClF3O3. The summed E-state index contributed by atoms with van der Waals surface area (Å²) in [5.41, 5.74) is -0.651. The summed E-state index contributed by atoms with van der Waals surface area (Å²) >= 11 is 5.76. The van der Waals surface area contributed by atoms with E-state index < -0.39 is 40.3 Å². The molecule has 1 aliphatic heterocycles. The van der Waals surface area contributed by atoms with E-state index in [0.29, 0.717) is 22.7 Å². The molecule has 1 unspecified atom stereocenters. The zero-order valence-electron chi connectivity index (χ0n) is 12.0. The lowest BCUT2D eigenvalue weighted by Crippen LogP contribution is -2.30. The van der Waals surface area contributed by atoms with Gasteiger partial charge in [0.15, 0.2) is 0 Å². The van der Waals surface area contributed by atoms with Crippen molar-refractivity contribution in [1.82, 2.24) is 0 Å². The maximum Gasteiger partial charge on any atom is 0.341 e. The van der Waals surface area contributed by atoms with Crippen molar-refractivity contribution in [2.45, 2.75) is 12.2 Å². The van der Waals surface area contributed by atoms with Gasteiger partial charge >= 0.3 is 5.97 Å². The third kappa shape index (κ3) is 3.16. The van der Waals surface area contributed by atoms with Crippen molar-refractivity contribution >= 4 is 23.1 Å². The van der Waals surface area contributed by atoms with Crippen LogP contribution in [-0.2, 0) is 16.0 Å². The van der Waals surface area contributed by atoms with Gasteiger partial charge in [0.25, 0.3) is 0 Å². The molecule has 0 bridgehead atoms. The van der Waals surface area contributed by atoms with Crippen LogP contribution < -0.4 is 0 Å². The Morgan fingerprint density at radius 3 is 2.25 bits per heavy atom. The molecule has 0 fully saturated rings. The van der Waals surface area contributed by atoms with Crippen LogP contribution in [0.1, 0.15) is 11.1 Å². The van der Waals surface area contributed by atoms with Crippen LogP contribution in [0, 0.1) is 17.5 Å². The SMILES string of the molecule is O=C1OC(O)(Cc2ccc(Cl)cc2)C=C1c1c(F)cc(F)cc1F. The van der Waals surface area contributed by atoms with Gasteiger partial charge in [-0.25, -0.2) is 18.0 Å². The zero-order chi connectivity index (χ0) is 17.5. The average Bonchev–Trinajstić information content (AvgIpc) is 2.75. The van der Waals surface area contributed by atoms with Gasteiger partial charge in [0, 0.05) is 29.7 Å². The highest BCUT2D eigenvalue weighted by Gasteiger charge is 2.40. The molecule has 124 valence electrons. The molecule has 1 N–H and O–H groups in total. The summed E-state index contributed by atoms with van der Waals surface area (Å²) in [6, 6.07) is 7.28. The summed E-state index contributed by atoms with van der Waals surface area (Å²) in [7, 11) is 0. The second-order valence-electron chi connectivity index (χ2n) is 5.34. The van der Waals surface area contributed by atoms with Crippen LogP contribution in [-0.4, -0.2) is 16.9 Å². The standard InChI is InChI=1S/C17H10ClF3O3/c18-10-3-1-9(2-4-10)7-17(23)8-12(16(22)24-17)15-13(20)5-11(19)6-14(15)21/h1-6,8,23H,7H2. The Hall–Kier alpha value is -2.31. The number of aliphatic hydroxyl groups is 1. The number of carbonyl (C=O) groups excluding carboxylic acids is 1. The molecule has 0 saturated heterocycles. The topological polar surface area (TPSA) is 46.5 Å². The lowest BCUT2D eigenvalue weighted by Gasteiger charge is -2.19. The number of ether oxygens (including phenoxy) is 1. The van der Waals surface area contributed by atoms with E-state index in [0.717, 1.165) is 6.08 Å². The molecule has 0 spiro atoms. The summed E-state index contributed by atoms with van der Waals surface area (Å²) in [4.78, 5) is 11.9. The first-order valence-electron chi connectivity index (χ1n) is 6.85. The first kappa shape index (κ1) is 16.5. The van der Waals surface area contributed by atoms with Crippen LogP contribution in [0.3, 0.4) is 0 Å². The van der Waals surface area contributed by atoms with Crippen molar-refractivity contribution in [2.24, 2.45) is 0 Å². The van der Waals surface area contributed by atoms with Crippen molar-refractivity contribution in [3.63, 3.8) is 0 Å². The quantitative estimate of drug-likeness (QED) is 0.856. The van der Waals surface area contributed by atoms with Crippen molar-refractivity contribution in [3.8, 4) is 0 Å². The Bertz CT molecular complexity index is 826. The van der Waals surface area contributed by atoms with Crippen molar-refractivity contribution in [1.29, 1.82) is 0 Å². The van der Waals surface area contributed by atoms with Crippen molar-refractivity contribution < 1.29 is 27.8 Å². The molecule has 3 nitrogen and oxygen atoms in total. The van der Waals surface area contributed by atoms with Gasteiger partial charge in [-0.05, 0) is 17.7 Å². The van der Waals surface area contributed by atoms with E-state index in [4.69, 9.17) is 16.3 Å². The number of benzene rings is 2. The monoisotopic (exact) mass is 354 g/mol. The molecule has 0 aromatic heterocycles. The summed E-state index contributed by atoms with van der Waals surface area (Å²) in [6.45, 7) is 0. The van der Waals surface area contributed by atoms with Crippen molar-refractivity contribution in [2.75, 3.05) is 0 Å². The van der Waals surface area contributed by atoms with Crippen LogP contribution >= 0.6 is 11.6 Å². The maximum atomic E-state index is 13.8. The second-order valence-corrected chi connectivity index (χ2v) is 5.78. The molecule has 0 amide bonds. The first-order valence-corrected chi connectivity index (χ1v) is 7.23.